The fraction of sp³-hybridized carbons (Fsp3) is 0.625. The molecule has 1 saturated heterocycles. The molecule has 0 bridgehead atoms. The topological polar surface area (TPSA) is 109 Å². The number of thiazole rings is 1. The zero-order chi connectivity index (χ0) is 18.0. The minimum absolute atomic E-state index is 0.0302. The van der Waals surface area contributed by atoms with E-state index in [1.807, 2.05) is 0 Å². The quantitative estimate of drug-likeness (QED) is 0.770. The molecular weight excluding hydrogens is 346 g/mol. The maximum absolute atomic E-state index is 12.4. The number of nitrogens with zero attached hydrogens (tertiary/aromatic N) is 2. The molecule has 1 aromatic rings. The number of nitrogens with one attached hydrogen (secondary N) is 1. The molecule has 1 aromatic heterocycles. The van der Waals surface area contributed by atoms with Crippen molar-refractivity contribution in [2.24, 2.45) is 11.3 Å². The fourth-order valence-corrected chi connectivity index (χ4v) is 4.51. The van der Waals surface area contributed by atoms with Crippen LogP contribution in [-0.2, 0) is 20.7 Å². The molecule has 136 valence electrons. The van der Waals surface area contributed by atoms with Gasteiger partial charge in [0, 0.05) is 24.9 Å². The largest absolute Gasteiger partial charge is 0.481 e. The third kappa shape index (κ3) is 3.46. The third-order valence-corrected chi connectivity index (χ3v) is 5.97. The van der Waals surface area contributed by atoms with Crippen LogP contribution >= 0.6 is 11.3 Å². The molecule has 25 heavy (non-hydrogen) atoms. The molecule has 9 heteroatoms. The summed E-state index contributed by atoms with van der Waals surface area (Å²) in [6.45, 7) is 0.720. The lowest BCUT2D eigenvalue weighted by molar-refractivity contribution is -0.149. The van der Waals surface area contributed by atoms with Crippen LogP contribution < -0.4 is 5.32 Å². The number of aromatic nitrogens is 1. The molecule has 8 nitrogen and oxygen atoms in total. The maximum atomic E-state index is 12.4. The second kappa shape index (κ2) is 6.99. The molecule has 2 fully saturated rings. The van der Waals surface area contributed by atoms with Gasteiger partial charge in [-0.2, -0.15) is 0 Å². The van der Waals surface area contributed by atoms with E-state index in [9.17, 15) is 19.5 Å². The minimum atomic E-state index is -0.801. The lowest BCUT2D eigenvalue weighted by Gasteiger charge is -2.23. The van der Waals surface area contributed by atoms with Crippen molar-refractivity contribution in [2.75, 3.05) is 25.5 Å². The van der Waals surface area contributed by atoms with Gasteiger partial charge in [0.15, 0.2) is 5.13 Å². The Labute approximate surface area is 149 Å². The SMILES string of the molecule is COC(=O)CCc1csc(NC(=O)N2C[C@@H]3CCC[C@@]3(C(=O)O)C2)n1. The van der Waals surface area contributed by atoms with Crippen LogP contribution in [0.5, 0.6) is 0 Å². The van der Waals surface area contributed by atoms with Gasteiger partial charge in [-0.05, 0) is 18.8 Å². The summed E-state index contributed by atoms with van der Waals surface area (Å²) in [4.78, 5) is 41.1. The summed E-state index contributed by atoms with van der Waals surface area (Å²) in [6, 6.07) is -0.316. The van der Waals surface area contributed by atoms with E-state index in [1.54, 1.807) is 10.3 Å². The second-order valence-electron chi connectivity index (χ2n) is 6.58. The number of likely N-dealkylation sites (tertiary alicyclic amines) is 1. The van der Waals surface area contributed by atoms with Crippen LogP contribution in [-0.4, -0.2) is 53.2 Å². The molecule has 0 aromatic carbocycles. The Kier molecular flexibility index (Phi) is 4.94. The van der Waals surface area contributed by atoms with E-state index in [4.69, 9.17) is 0 Å². The number of urea groups is 1. The van der Waals surface area contributed by atoms with Crippen LogP contribution in [0.4, 0.5) is 9.93 Å². The molecule has 0 unspecified atom stereocenters. The number of carboxylic acids is 1. The van der Waals surface area contributed by atoms with Crippen molar-refractivity contribution in [2.45, 2.75) is 32.1 Å². The van der Waals surface area contributed by atoms with E-state index in [1.165, 1.54) is 18.4 Å². The van der Waals surface area contributed by atoms with Gasteiger partial charge in [-0.3, -0.25) is 14.9 Å². The summed E-state index contributed by atoms with van der Waals surface area (Å²) < 4.78 is 4.59. The Balaban J connectivity index is 1.57. The van der Waals surface area contributed by atoms with Crippen molar-refractivity contribution in [1.82, 2.24) is 9.88 Å². The average molecular weight is 367 g/mol. The molecule has 1 saturated carbocycles. The second-order valence-corrected chi connectivity index (χ2v) is 7.44. The van der Waals surface area contributed by atoms with Crippen LogP contribution in [0.1, 0.15) is 31.4 Å². The van der Waals surface area contributed by atoms with Crippen molar-refractivity contribution in [3.63, 3.8) is 0 Å². The van der Waals surface area contributed by atoms with Gasteiger partial charge in [0.1, 0.15) is 0 Å². The lowest BCUT2D eigenvalue weighted by Crippen LogP contribution is -2.38. The van der Waals surface area contributed by atoms with Gasteiger partial charge in [-0.25, -0.2) is 9.78 Å². The molecule has 1 aliphatic carbocycles. The number of aryl methyl sites for hydroxylation is 1. The first-order chi connectivity index (χ1) is 11.9. The monoisotopic (exact) mass is 367 g/mol. The first-order valence-corrected chi connectivity index (χ1v) is 9.13. The maximum Gasteiger partial charge on any atom is 0.323 e. The third-order valence-electron chi connectivity index (χ3n) is 5.16. The molecule has 0 radical (unpaired) electrons. The van der Waals surface area contributed by atoms with Gasteiger partial charge in [0.2, 0.25) is 0 Å². The van der Waals surface area contributed by atoms with E-state index >= 15 is 0 Å². The van der Waals surface area contributed by atoms with Crippen molar-refractivity contribution >= 4 is 34.4 Å². The Hall–Kier alpha value is -2.16. The molecule has 2 atom stereocenters. The molecule has 2 N–H and O–H groups in total. The van der Waals surface area contributed by atoms with Crippen LogP contribution in [0.15, 0.2) is 5.38 Å². The summed E-state index contributed by atoms with van der Waals surface area (Å²) in [5.74, 6) is -1.08. The van der Waals surface area contributed by atoms with E-state index in [-0.39, 0.29) is 30.9 Å². The van der Waals surface area contributed by atoms with Gasteiger partial charge < -0.3 is 14.7 Å². The van der Waals surface area contributed by atoms with Gasteiger partial charge in [0.25, 0.3) is 0 Å². The summed E-state index contributed by atoms with van der Waals surface area (Å²) >= 11 is 1.28. The number of rotatable bonds is 5. The summed E-state index contributed by atoms with van der Waals surface area (Å²) in [5, 5.41) is 14.6. The number of esters is 1. The number of ether oxygens (including phenoxy) is 1. The highest BCUT2D eigenvalue weighted by Gasteiger charge is 2.55. The predicted octanol–water partition coefficient (Wildman–Crippen LogP) is 1.97. The molecule has 2 aliphatic rings. The van der Waals surface area contributed by atoms with Crippen molar-refractivity contribution in [1.29, 1.82) is 0 Å². The van der Waals surface area contributed by atoms with Crippen LogP contribution in [0.25, 0.3) is 0 Å². The number of carbonyl (C=O) groups is 3. The highest BCUT2D eigenvalue weighted by atomic mass is 32.1. The average Bonchev–Trinajstić information content (AvgIpc) is 3.26. The summed E-state index contributed by atoms with van der Waals surface area (Å²) in [7, 11) is 1.34. The number of hydrogen-bond donors (Lipinski definition) is 2. The highest BCUT2D eigenvalue weighted by molar-refractivity contribution is 7.13. The van der Waals surface area contributed by atoms with Crippen molar-refractivity contribution in [3.8, 4) is 0 Å². The molecular formula is C16H21N3O5S. The zero-order valence-corrected chi connectivity index (χ0v) is 14.8. The standard InChI is InChI=1S/C16H21N3O5S/c1-24-12(20)5-4-11-8-25-14(17-11)18-15(23)19-7-10-3-2-6-16(10,9-19)13(21)22/h8,10H,2-7,9H2,1H3,(H,21,22)(H,17,18,23)/t10-,16+/m0/s1. The molecule has 1 aliphatic heterocycles. The number of carboxylic acid groups (broad SMARTS) is 1. The van der Waals surface area contributed by atoms with Gasteiger partial charge in [-0.15, -0.1) is 11.3 Å². The number of amides is 2. The Bertz CT molecular complexity index is 691. The molecule has 3 rings (SSSR count). The molecule has 2 amide bonds. The van der Waals surface area contributed by atoms with Crippen LogP contribution in [0.3, 0.4) is 0 Å². The Morgan fingerprint density at radius 3 is 3.00 bits per heavy atom. The number of fused-ring (bicyclic) bond motifs is 1. The minimum Gasteiger partial charge on any atom is -0.481 e. The zero-order valence-electron chi connectivity index (χ0n) is 14.0. The number of hydrogen-bond acceptors (Lipinski definition) is 6. The van der Waals surface area contributed by atoms with Crippen molar-refractivity contribution in [3.05, 3.63) is 11.1 Å². The van der Waals surface area contributed by atoms with E-state index in [2.05, 4.69) is 15.0 Å². The lowest BCUT2D eigenvalue weighted by atomic mass is 9.81. The molecule has 0 spiro atoms. The number of methoxy groups -OCH3 is 1. The number of aliphatic carboxylic acids is 1. The van der Waals surface area contributed by atoms with Crippen LogP contribution in [0.2, 0.25) is 0 Å². The van der Waals surface area contributed by atoms with Crippen LogP contribution in [0, 0.1) is 11.3 Å². The Morgan fingerprint density at radius 2 is 2.32 bits per heavy atom. The number of anilines is 1. The van der Waals surface area contributed by atoms with Gasteiger partial charge in [-0.1, -0.05) is 6.42 Å². The molecule has 2 heterocycles. The Morgan fingerprint density at radius 1 is 1.52 bits per heavy atom. The number of carbonyl (C=O) groups excluding carboxylic acids is 2. The highest BCUT2D eigenvalue weighted by Crippen LogP contribution is 2.48. The fourth-order valence-electron chi connectivity index (χ4n) is 3.78. The summed E-state index contributed by atoms with van der Waals surface area (Å²) in [5.41, 5.74) is -0.0719. The first kappa shape index (κ1) is 17.7. The predicted molar refractivity (Wildman–Crippen MR) is 90.5 cm³/mol. The van der Waals surface area contributed by atoms with Crippen molar-refractivity contribution < 1.29 is 24.2 Å². The van der Waals surface area contributed by atoms with Gasteiger partial charge >= 0.3 is 18.0 Å². The van der Waals surface area contributed by atoms with Gasteiger partial charge in [0.05, 0.1) is 24.6 Å². The normalized spacial score (nSPS) is 24.8. The summed E-state index contributed by atoms with van der Waals surface area (Å²) in [6.07, 6.45) is 3.08. The first-order valence-electron chi connectivity index (χ1n) is 8.25. The van der Waals surface area contributed by atoms with E-state index in [0.717, 1.165) is 12.8 Å². The smallest absolute Gasteiger partial charge is 0.323 e. The van der Waals surface area contributed by atoms with E-state index in [0.29, 0.717) is 30.2 Å². The van der Waals surface area contributed by atoms with E-state index < -0.39 is 11.4 Å².